The van der Waals surface area contributed by atoms with E-state index < -0.39 is 20.1 Å². The van der Waals surface area contributed by atoms with Crippen molar-refractivity contribution < 1.29 is 34.1 Å². The van der Waals surface area contributed by atoms with Gasteiger partial charge in [-0.05, 0) is 0 Å². The zero-order valence-corrected chi connectivity index (χ0v) is 16.0. The van der Waals surface area contributed by atoms with Gasteiger partial charge in [0.2, 0.25) is 0 Å². The predicted octanol–water partition coefficient (Wildman–Crippen LogP) is 3.41. The van der Waals surface area contributed by atoms with Crippen molar-refractivity contribution in [2.45, 2.75) is 17.4 Å². The fraction of sp³-hybridized carbons (Fsp3) is 0.250. The summed E-state index contributed by atoms with van der Waals surface area (Å²) in [5, 5.41) is 11.2. The van der Waals surface area contributed by atoms with E-state index in [0.29, 0.717) is 16.2 Å². The van der Waals surface area contributed by atoms with E-state index >= 15 is 0 Å². The summed E-state index contributed by atoms with van der Waals surface area (Å²) in [7, 11) is 0. The van der Waals surface area contributed by atoms with Crippen molar-refractivity contribution in [3.63, 3.8) is 0 Å². The van der Waals surface area contributed by atoms with Crippen LogP contribution in [0.4, 0.5) is 0 Å². The second-order valence-electron chi connectivity index (χ2n) is 4.92. The molecule has 0 aromatic heterocycles. The molecule has 2 N–H and O–H groups in total. The van der Waals surface area contributed by atoms with Crippen molar-refractivity contribution in [3.05, 3.63) is 42.3 Å². The van der Waals surface area contributed by atoms with E-state index in [1.54, 1.807) is 24.3 Å². The van der Waals surface area contributed by atoms with Gasteiger partial charge >= 0.3 is 131 Å². The van der Waals surface area contributed by atoms with Crippen molar-refractivity contribution >= 4 is 36.8 Å². The van der Waals surface area contributed by atoms with Crippen LogP contribution in [0.3, 0.4) is 0 Å². The number of phenols is 1. The molecule has 1 fully saturated rings. The summed E-state index contributed by atoms with van der Waals surface area (Å²) < 4.78 is 9.27. The molecule has 0 spiro atoms. The number of hydrogen-bond donors (Lipinski definition) is 2. The van der Waals surface area contributed by atoms with Crippen LogP contribution in [-0.2, 0) is 24.3 Å². The van der Waals surface area contributed by atoms with Crippen LogP contribution in [0.5, 0.6) is 11.5 Å². The van der Waals surface area contributed by atoms with Crippen LogP contribution in [0.25, 0.3) is 10.8 Å². The number of benzene rings is 2. The number of hydrogen-bond acceptors (Lipinski definition) is 4. The van der Waals surface area contributed by atoms with Crippen LogP contribution >= 0.6 is 20.1 Å². The molecule has 0 bridgehead atoms. The summed E-state index contributed by atoms with van der Waals surface area (Å²) in [6.07, 6.45) is 0.712. The van der Waals surface area contributed by atoms with Crippen molar-refractivity contribution in [2.75, 3.05) is 4.93 Å². The second-order valence-corrected chi connectivity index (χ2v) is 9.73. The van der Waals surface area contributed by atoms with E-state index in [9.17, 15) is 9.90 Å². The third kappa shape index (κ3) is 3.55. The summed E-state index contributed by atoms with van der Waals surface area (Å²) >= 11 is -1.08. The Morgan fingerprint density at radius 2 is 2.14 bits per heavy atom. The molecule has 0 amide bonds. The molecule has 121 valence electrons. The zero-order valence-electron chi connectivity index (χ0n) is 12.2. The van der Waals surface area contributed by atoms with Gasteiger partial charge in [0.05, 0.1) is 0 Å². The normalized spacial score (nSPS) is 17.7. The average molecular weight is 501 g/mol. The van der Waals surface area contributed by atoms with Crippen LogP contribution in [0.1, 0.15) is 13.3 Å². The van der Waals surface area contributed by atoms with Gasteiger partial charge in [-0.2, -0.15) is 0 Å². The number of nitrogens with one attached hydrogen (secondary N) is 1. The fourth-order valence-corrected chi connectivity index (χ4v) is 6.82. The van der Waals surface area contributed by atoms with Gasteiger partial charge in [-0.3, -0.25) is 0 Å². The smallest absolute Gasteiger partial charge is 0 e. The van der Waals surface area contributed by atoms with E-state index in [1.165, 1.54) is 0 Å². The molecule has 1 unspecified atom stereocenters. The Morgan fingerprint density at radius 3 is 2.77 bits per heavy atom. The zero-order chi connectivity index (χ0) is 15.0. The minimum atomic E-state index is -1.08. The molecular formula is C16H17INO3Rh-. The molecule has 1 heterocycles. The van der Waals surface area contributed by atoms with Gasteiger partial charge in [0, 0.05) is 19.5 Å². The number of ether oxygens (including phenoxy) is 1. The van der Waals surface area contributed by atoms with E-state index in [4.69, 9.17) is 4.74 Å². The Balaban J connectivity index is 0.00000176. The first kappa shape index (κ1) is 17.5. The first-order valence-electron chi connectivity index (χ1n) is 6.74. The number of phenolic OH excluding ortho intramolecular Hbond substituents is 1. The maximum atomic E-state index is 12.4. The molecule has 1 radical (unpaired) electrons. The van der Waals surface area contributed by atoms with Crippen molar-refractivity contribution in [2.24, 2.45) is 0 Å². The summed E-state index contributed by atoms with van der Waals surface area (Å²) in [6.45, 7) is 1.99. The van der Waals surface area contributed by atoms with E-state index in [1.807, 2.05) is 19.1 Å². The van der Waals surface area contributed by atoms with Gasteiger partial charge in [-0.15, -0.1) is 0 Å². The standard InChI is InChI=1S/C16H17INO3.Rh/c1-3-12(15-17(2)18-15)16(20)21-14-6-4-5-10-9-11(19)7-8-13(10)14;/h4-9,15,18-19H,3H2,1-2H3;/q-1;. The third-order valence-electron chi connectivity index (χ3n) is 3.52. The first-order chi connectivity index (χ1) is 10.1. The van der Waals surface area contributed by atoms with Gasteiger partial charge < -0.3 is 0 Å². The number of carbonyl (C=O) groups excluding carboxylic acids is 1. The summed E-state index contributed by atoms with van der Waals surface area (Å²) in [5.41, 5.74) is 0. The monoisotopic (exact) mass is 501 g/mol. The number of aromatic hydroxyl groups is 1. The molecule has 3 rings (SSSR count). The van der Waals surface area contributed by atoms with Crippen LogP contribution < -0.4 is 8.27 Å². The Labute approximate surface area is 150 Å². The molecule has 6 heteroatoms. The fourth-order valence-electron chi connectivity index (χ4n) is 2.31. The minimum Gasteiger partial charge on any atom is 0 e. The number of alkyl halides is 2. The maximum absolute atomic E-state index is 12.4. The van der Waals surface area contributed by atoms with Crippen molar-refractivity contribution in [1.82, 2.24) is 3.53 Å². The molecule has 4 nitrogen and oxygen atoms in total. The van der Waals surface area contributed by atoms with Gasteiger partial charge in [0.25, 0.3) is 0 Å². The van der Waals surface area contributed by atoms with E-state index in [0.717, 1.165) is 16.7 Å². The van der Waals surface area contributed by atoms with Gasteiger partial charge in [0.1, 0.15) is 0 Å². The topological polar surface area (TPSA) is 68.5 Å². The summed E-state index contributed by atoms with van der Waals surface area (Å²) in [6, 6.07) is 10.5. The second kappa shape index (κ2) is 7.15. The first-order valence-corrected chi connectivity index (χ1v) is 11.2. The van der Waals surface area contributed by atoms with E-state index in [2.05, 4.69) is 8.46 Å². The van der Waals surface area contributed by atoms with Crippen molar-refractivity contribution in [3.8, 4) is 11.5 Å². The van der Waals surface area contributed by atoms with Crippen LogP contribution in [0.2, 0.25) is 0 Å². The number of carbonyl (C=O) groups is 1. The third-order valence-corrected chi connectivity index (χ3v) is 7.39. The minimum absolute atomic E-state index is 0. The predicted molar refractivity (Wildman–Crippen MR) is 91.6 cm³/mol. The average Bonchev–Trinajstić information content (AvgIpc) is 3.16. The molecule has 2 aromatic carbocycles. The number of fused-ring (bicyclic) bond motifs is 1. The Kier molecular flexibility index (Phi) is 5.69. The van der Waals surface area contributed by atoms with Gasteiger partial charge in [-0.1, -0.05) is 0 Å². The van der Waals surface area contributed by atoms with Gasteiger partial charge in [0.15, 0.2) is 0 Å². The van der Waals surface area contributed by atoms with Crippen molar-refractivity contribution in [1.29, 1.82) is 0 Å². The molecule has 2 aromatic rings. The molecular weight excluding hydrogens is 484 g/mol. The number of rotatable bonds is 4. The maximum Gasteiger partial charge on any atom is 0 e. The van der Waals surface area contributed by atoms with Crippen LogP contribution in [0, 0.1) is 5.92 Å². The Bertz CT molecular complexity index is 694. The number of esters is 1. The molecule has 1 aliphatic rings. The summed E-state index contributed by atoms with van der Waals surface area (Å²) in [5.74, 6) is 1.35. The van der Waals surface area contributed by atoms with Gasteiger partial charge in [-0.25, -0.2) is 0 Å². The summed E-state index contributed by atoms with van der Waals surface area (Å²) in [4.78, 5) is 14.6. The van der Waals surface area contributed by atoms with Crippen LogP contribution in [-0.4, -0.2) is 20.1 Å². The Morgan fingerprint density at radius 1 is 1.41 bits per heavy atom. The quantitative estimate of drug-likeness (QED) is 0.0776. The molecule has 1 atom stereocenters. The molecule has 0 saturated carbocycles. The molecule has 1 aliphatic heterocycles. The molecule has 1 saturated heterocycles. The van der Waals surface area contributed by atoms with Crippen LogP contribution in [0.15, 0.2) is 36.4 Å². The Hall–Kier alpha value is -0.847. The number of halogens is 1. The van der Waals surface area contributed by atoms with E-state index in [-0.39, 0.29) is 31.2 Å². The largest absolute Gasteiger partial charge is 0 e. The molecule has 0 aliphatic carbocycles. The molecule has 22 heavy (non-hydrogen) atoms. The SMILES string of the molecule is CC[C-](C(=O)Oc1cccc2cc(O)ccc12)C1NI1C.[Rh].